The smallest absolute Gasteiger partial charge is 0.222 e. The summed E-state index contributed by atoms with van der Waals surface area (Å²) in [6, 6.07) is 0. The topological polar surface area (TPSA) is 49.0 Å². The molecule has 102 valence electrons. The molecule has 1 N–H and O–H groups in total. The minimum Gasteiger partial charge on any atom is -0.343 e. The van der Waals surface area contributed by atoms with Crippen molar-refractivity contribution in [2.24, 2.45) is 5.92 Å². The summed E-state index contributed by atoms with van der Waals surface area (Å²) >= 11 is 0. The van der Waals surface area contributed by atoms with Crippen LogP contribution in [0.2, 0.25) is 0 Å². The minimum atomic E-state index is 0.255. The summed E-state index contributed by atoms with van der Waals surface area (Å²) in [6.45, 7) is 8.14. The summed E-state index contributed by atoms with van der Waals surface area (Å²) in [5.41, 5.74) is 1.10. The number of aryl methyl sites for hydroxylation is 1. The SMILES string of the molecule is CCC(CC)CN(CC)C(=O)CCc1cn[nH]c1. The van der Waals surface area contributed by atoms with Gasteiger partial charge in [0.15, 0.2) is 0 Å². The van der Waals surface area contributed by atoms with Crippen molar-refractivity contribution < 1.29 is 4.79 Å². The molecule has 0 saturated carbocycles. The lowest BCUT2D eigenvalue weighted by Gasteiger charge is -2.25. The van der Waals surface area contributed by atoms with Crippen LogP contribution in [0.15, 0.2) is 12.4 Å². The molecule has 1 amide bonds. The minimum absolute atomic E-state index is 0.255. The maximum Gasteiger partial charge on any atom is 0.222 e. The number of H-pyrrole nitrogens is 1. The van der Waals surface area contributed by atoms with Crippen LogP contribution in [0.1, 0.15) is 45.6 Å². The van der Waals surface area contributed by atoms with E-state index in [2.05, 4.69) is 31.0 Å². The highest BCUT2D eigenvalue weighted by atomic mass is 16.2. The molecular weight excluding hydrogens is 226 g/mol. The Morgan fingerprint density at radius 2 is 2.11 bits per heavy atom. The average molecular weight is 251 g/mol. The van der Waals surface area contributed by atoms with Gasteiger partial charge in [-0.1, -0.05) is 26.7 Å². The fourth-order valence-electron chi connectivity index (χ4n) is 2.09. The number of hydrogen-bond acceptors (Lipinski definition) is 2. The van der Waals surface area contributed by atoms with Crippen LogP contribution < -0.4 is 0 Å². The molecule has 18 heavy (non-hydrogen) atoms. The fraction of sp³-hybridized carbons (Fsp3) is 0.714. The van der Waals surface area contributed by atoms with E-state index in [1.807, 2.05) is 11.1 Å². The monoisotopic (exact) mass is 251 g/mol. The number of rotatable bonds is 8. The first-order valence-electron chi connectivity index (χ1n) is 6.96. The van der Waals surface area contributed by atoms with Gasteiger partial charge in [-0.05, 0) is 24.8 Å². The zero-order valence-corrected chi connectivity index (χ0v) is 11.8. The number of amides is 1. The van der Waals surface area contributed by atoms with Crippen molar-refractivity contribution in [1.82, 2.24) is 15.1 Å². The number of nitrogens with one attached hydrogen (secondary N) is 1. The van der Waals surface area contributed by atoms with Gasteiger partial charge in [0.05, 0.1) is 6.20 Å². The van der Waals surface area contributed by atoms with Gasteiger partial charge in [0.25, 0.3) is 0 Å². The van der Waals surface area contributed by atoms with E-state index < -0.39 is 0 Å². The van der Waals surface area contributed by atoms with Crippen molar-refractivity contribution in [3.63, 3.8) is 0 Å². The van der Waals surface area contributed by atoms with Gasteiger partial charge >= 0.3 is 0 Å². The van der Waals surface area contributed by atoms with Crippen molar-refractivity contribution in [1.29, 1.82) is 0 Å². The van der Waals surface area contributed by atoms with Crippen molar-refractivity contribution >= 4 is 5.91 Å². The molecule has 4 heteroatoms. The number of carbonyl (C=O) groups excluding carboxylic acids is 1. The Bertz CT molecular complexity index is 331. The Morgan fingerprint density at radius 1 is 1.39 bits per heavy atom. The van der Waals surface area contributed by atoms with E-state index in [4.69, 9.17) is 0 Å². The predicted octanol–water partition coefficient (Wildman–Crippen LogP) is 2.63. The lowest BCUT2D eigenvalue weighted by atomic mass is 10.0. The van der Waals surface area contributed by atoms with Crippen molar-refractivity contribution in [3.05, 3.63) is 18.0 Å². The molecule has 0 radical (unpaired) electrons. The van der Waals surface area contributed by atoms with E-state index in [1.54, 1.807) is 6.20 Å². The molecule has 0 bridgehead atoms. The second kappa shape index (κ2) is 7.90. The van der Waals surface area contributed by atoms with Gasteiger partial charge in [0.2, 0.25) is 5.91 Å². The first-order chi connectivity index (χ1) is 8.71. The summed E-state index contributed by atoms with van der Waals surface area (Å²) in [6.07, 6.45) is 7.27. The van der Waals surface area contributed by atoms with Gasteiger partial charge in [-0.2, -0.15) is 5.10 Å². The molecule has 0 fully saturated rings. The van der Waals surface area contributed by atoms with Crippen molar-refractivity contribution in [3.8, 4) is 0 Å². The zero-order chi connectivity index (χ0) is 13.4. The molecule has 0 aromatic carbocycles. The molecule has 0 atom stereocenters. The molecule has 0 aliphatic heterocycles. The van der Waals surface area contributed by atoms with Crippen LogP contribution in [0.3, 0.4) is 0 Å². The lowest BCUT2D eigenvalue weighted by Crippen LogP contribution is -2.35. The van der Waals surface area contributed by atoms with Crippen LogP contribution in [-0.2, 0) is 11.2 Å². The molecule has 1 aromatic heterocycles. The van der Waals surface area contributed by atoms with Gasteiger partial charge in [0, 0.05) is 25.7 Å². The summed E-state index contributed by atoms with van der Waals surface area (Å²) < 4.78 is 0. The Labute approximate surface area is 110 Å². The Kier molecular flexibility index (Phi) is 6.47. The highest BCUT2D eigenvalue weighted by Gasteiger charge is 2.15. The number of nitrogens with zero attached hydrogens (tertiary/aromatic N) is 2. The van der Waals surface area contributed by atoms with Crippen LogP contribution in [0, 0.1) is 5.92 Å². The van der Waals surface area contributed by atoms with Crippen molar-refractivity contribution in [2.75, 3.05) is 13.1 Å². The standard InChI is InChI=1S/C14H25N3O/c1-4-12(5-2)11-17(6-3)14(18)8-7-13-9-15-16-10-13/h9-10,12H,4-8,11H2,1-3H3,(H,15,16). The fourth-order valence-corrected chi connectivity index (χ4v) is 2.09. The summed E-state index contributed by atoms with van der Waals surface area (Å²) in [5.74, 6) is 0.883. The largest absolute Gasteiger partial charge is 0.343 e. The van der Waals surface area contributed by atoms with E-state index in [0.717, 1.165) is 37.9 Å². The predicted molar refractivity (Wildman–Crippen MR) is 73.2 cm³/mol. The summed E-state index contributed by atoms with van der Waals surface area (Å²) in [4.78, 5) is 14.1. The van der Waals surface area contributed by atoms with Gasteiger partial charge in [0.1, 0.15) is 0 Å². The Morgan fingerprint density at radius 3 is 2.61 bits per heavy atom. The van der Waals surface area contributed by atoms with E-state index in [9.17, 15) is 4.79 Å². The molecular formula is C14H25N3O. The molecule has 0 spiro atoms. The average Bonchev–Trinajstić information content (AvgIpc) is 2.90. The third-order valence-electron chi connectivity index (χ3n) is 3.55. The number of aromatic nitrogens is 2. The van der Waals surface area contributed by atoms with Crippen LogP contribution in [0.5, 0.6) is 0 Å². The van der Waals surface area contributed by atoms with E-state index >= 15 is 0 Å². The van der Waals surface area contributed by atoms with Crippen LogP contribution in [0.4, 0.5) is 0 Å². The first kappa shape index (κ1) is 14.7. The second-order valence-electron chi connectivity index (χ2n) is 4.72. The number of carbonyl (C=O) groups is 1. The summed E-state index contributed by atoms with van der Waals surface area (Å²) in [5, 5.41) is 6.66. The quantitative estimate of drug-likeness (QED) is 0.772. The normalized spacial score (nSPS) is 10.9. The van der Waals surface area contributed by atoms with Gasteiger partial charge in [-0.25, -0.2) is 0 Å². The van der Waals surface area contributed by atoms with Crippen LogP contribution >= 0.6 is 0 Å². The molecule has 0 aliphatic rings. The van der Waals surface area contributed by atoms with Gasteiger partial charge < -0.3 is 4.90 Å². The van der Waals surface area contributed by atoms with E-state index in [-0.39, 0.29) is 5.91 Å². The molecule has 0 aliphatic carbocycles. The zero-order valence-electron chi connectivity index (χ0n) is 11.8. The maximum atomic E-state index is 12.1. The van der Waals surface area contributed by atoms with Crippen LogP contribution in [0.25, 0.3) is 0 Å². The molecule has 4 nitrogen and oxygen atoms in total. The second-order valence-corrected chi connectivity index (χ2v) is 4.72. The molecule has 1 aromatic rings. The van der Waals surface area contributed by atoms with E-state index in [0.29, 0.717) is 12.3 Å². The molecule has 1 rings (SSSR count). The Balaban J connectivity index is 2.41. The first-order valence-corrected chi connectivity index (χ1v) is 6.96. The number of aromatic amines is 1. The summed E-state index contributed by atoms with van der Waals surface area (Å²) in [7, 11) is 0. The Hall–Kier alpha value is -1.32. The maximum absolute atomic E-state index is 12.1. The lowest BCUT2D eigenvalue weighted by molar-refractivity contribution is -0.131. The number of hydrogen-bond donors (Lipinski definition) is 1. The molecule has 0 saturated heterocycles. The highest BCUT2D eigenvalue weighted by Crippen LogP contribution is 2.11. The highest BCUT2D eigenvalue weighted by molar-refractivity contribution is 5.76. The van der Waals surface area contributed by atoms with Crippen molar-refractivity contribution in [2.45, 2.75) is 46.5 Å². The third kappa shape index (κ3) is 4.51. The van der Waals surface area contributed by atoms with Gasteiger partial charge in [-0.15, -0.1) is 0 Å². The van der Waals surface area contributed by atoms with E-state index in [1.165, 1.54) is 0 Å². The third-order valence-corrected chi connectivity index (χ3v) is 3.55. The van der Waals surface area contributed by atoms with Crippen LogP contribution in [-0.4, -0.2) is 34.1 Å². The van der Waals surface area contributed by atoms with Gasteiger partial charge in [-0.3, -0.25) is 9.89 Å². The molecule has 0 unspecified atom stereocenters. The molecule has 1 heterocycles.